The van der Waals surface area contributed by atoms with Gasteiger partial charge in [-0.05, 0) is 59.6 Å². The lowest BCUT2D eigenvalue weighted by Crippen LogP contribution is -2.27. The zero-order valence-corrected chi connectivity index (χ0v) is 15.3. The van der Waals surface area contributed by atoms with E-state index < -0.39 is 0 Å². The van der Waals surface area contributed by atoms with E-state index in [-0.39, 0.29) is 12.1 Å². The number of aromatic nitrogens is 1. The summed E-state index contributed by atoms with van der Waals surface area (Å²) in [7, 11) is 1.37. The highest BCUT2D eigenvalue weighted by Gasteiger charge is 2.24. The van der Waals surface area contributed by atoms with Crippen molar-refractivity contribution in [2.45, 2.75) is 38.2 Å². The van der Waals surface area contributed by atoms with E-state index in [1.165, 1.54) is 32.4 Å². The average Bonchev–Trinajstić information content (AvgIpc) is 2.53. The second-order valence-electron chi connectivity index (χ2n) is 5.29. The minimum Gasteiger partial charge on any atom is -0.483 e. The van der Waals surface area contributed by atoms with E-state index in [4.69, 9.17) is 16.3 Å². The lowest BCUT2D eigenvalue weighted by molar-refractivity contribution is -0.134. The molecule has 1 aliphatic rings. The molecule has 0 saturated heterocycles. The van der Waals surface area contributed by atoms with Crippen molar-refractivity contribution in [1.82, 2.24) is 4.98 Å². The quantitative estimate of drug-likeness (QED) is 0.298. The summed E-state index contributed by atoms with van der Waals surface area (Å²) in [5.41, 5.74) is 0. The maximum atomic E-state index is 11.4. The number of methoxy groups -OCH3 is 1. The highest BCUT2D eigenvalue weighted by molar-refractivity contribution is 14.1. The van der Waals surface area contributed by atoms with Crippen molar-refractivity contribution in [2.75, 3.05) is 7.11 Å². The minimum atomic E-state index is -0.367. The van der Waals surface area contributed by atoms with Crippen LogP contribution in [0.2, 0.25) is 5.15 Å². The van der Waals surface area contributed by atoms with E-state index in [9.17, 15) is 4.79 Å². The van der Waals surface area contributed by atoms with Crippen molar-refractivity contribution in [3.8, 4) is 5.75 Å². The predicted octanol–water partition coefficient (Wildman–Crippen LogP) is 4.40. The normalized spacial score (nSPS) is 17.4. The van der Waals surface area contributed by atoms with E-state index in [0.717, 1.165) is 16.5 Å². The second-order valence-corrected chi connectivity index (χ2v) is 6.69. The van der Waals surface area contributed by atoms with Crippen LogP contribution < -0.4 is 4.74 Å². The number of esters is 1. The lowest BCUT2D eigenvalue weighted by atomic mass is 9.85. The molecule has 22 heavy (non-hydrogen) atoms. The molecule has 0 amide bonds. The van der Waals surface area contributed by atoms with Gasteiger partial charge in [-0.25, -0.2) is 9.78 Å². The summed E-state index contributed by atoms with van der Waals surface area (Å²) < 4.78 is 11.5. The van der Waals surface area contributed by atoms with Gasteiger partial charge >= 0.3 is 5.97 Å². The molecule has 120 valence electrons. The molecule has 0 spiro atoms. The Balaban J connectivity index is 2.15. The van der Waals surface area contributed by atoms with Gasteiger partial charge in [0.1, 0.15) is 15.0 Å². The summed E-state index contributed by atoms with van der Waals surface area (Å²) >= 11 is 7.98. The van der Waals surface area contributed by atoms with E-state index in [1.54, 1.807) is 12.1 Å². The maximum Gasteiger partial charge on any atom is 0.330 e. The van der Waals surface area contributed by atoms with Gasteiger partial charge in [0.15, 0.2) is 5.75 Å². The van der Waals surface area contributed by atoms with Gasteiger partial charge in [-0.1, -0.05) is 30.9 Å². The Labute approximate surface area is 149 Å². The van der Waals surface area contributed by atoms with Crippen LogP contribution in [-0.4, -0.2) is 24.2 Å². The standard InChI is InChI=1S/C16H19ClINO3/c1-21-15(20)10-8-12(11-5-3-2-4-6-11)22-13-7-9-14(17)19-16(13)18/h7-12H,2-6H2,1H3/b10-8+. The zero-order valence-electron chi connectivity index (χ0n) is 12.4. The Kier molecular flexibility index (Phi) is 6.95. The SMILES string of the molecule is COC(=O)/C=C/C(Oc1ccc(Cl)nc1I)C1CCCCC1. The van der Waals surface area contributed by atoms with Gasteiger partial charge in [-0.3, -0.25) is 0 Å². The Bertz CT molecular complexity index is 544. The Morgan fingerprint density at radius 2 is 2.14 bits per heavy atom. The van der Waals surface area contributed by atoms with Gasteiger partial charge < -0.3 is 9.47 Å². The summed E-state index contributed by atoms with van der Waals surface area (Å²) in [5, 5.41) is 0.441. The van der Waals surface area contributed by atoms with Crippen LogP contribution in [0.15, 0.2) is 24.3 Å². The molecule has 1 aromatic rings. The topological polar surface area (TPSA) is 48.4 Å². The molecule has 1 aromatic heterocycles. The molecule has 0 aliphatic heterocycles. The molecule has 0 radical (unpaired) electrons. The van der Waals surface area contributed by atoms with Crippen LogP contribution in [0.25, 0.3) is 0 Å². The number of hydrogen-bond acceptors (Lipinski definition) is 4. The van der Waals surface area contributed by atoms with Crippen LogP contribution in [0.4, 0.5) is 0 Å². The van der Waals surface area contributed by atoms with Crippen molar-refractivity contribution in [3.63, 3.8) is 0 Å². The number of ether oxygens (including phenoxy) is 2. The third-order valence-corrected chi connectivity index (χ3v) is 4.76. The highest BCUT2D eigenvalue weighted by atomic mass is 127. The van der Waals surface area contributed by atoms with Crippen LogP contribution in [0.5, 0.6) is 5.75 Å². The first-order valence-corrected chi connectivity index (χ1v) is 8.80. The third kappa shape index (κ3) is 5.12. The number of carbonyl (C=O) groups is 1. The first-order valence-electron chi connectivity index (χ1n) is 7.35. The molecule has 0 bridgehead atoms. The molecular formula is C16H19ClINO3. The van der Waals surface area contributed by atoms with Crippen molar-refractivity contribution in [3.05, 3.63) is 33.1 Å². The maximum absolute atomic E-state index is 11.4. The van der Waals surface area contributed by atoms with Crippen molar-refractivity contribution in [1.29, 1.82) is 0 Å². The molecule has 1 saturated carbocycles. The number of carbonyl (C=O) groups excluding carboxylic acids is 1. The van der Waals surface area contributed by atoms with Gasteiger partial charge in [-0.15, -0.1) is 0 Å². The third-order valence-electron chi connectivity index (χ3n) is 3.78. The summed E-state index contributed by atoms with van der Waals surface area (Å²) in [4.78, 5) is 15.6. The molecule has 0 aromatic carbocycles. The van der Waals surface area contributed by atoms with Gasteiger partial charge in [0.05, 0.1) is 7.11 Å². The van der Waals surface area contributed by atoms with Gasteiger partial charge in [-0.2, -0.15) is 0 Å². The van der Waals surface area contributed by atoms with Gasteiger partial charge in [0.2, 0.25) is 0 Å². The Morgan fingerprint density at radius 1 is 1.41 bits per heavy atom. The average molecular weight is 436 g/mol. The molecule has 1 atom stereocenters. The molecule has 1 fully saturated rings. The van der Waals surface area contributed by atoms with Crippen LogP contribution in [0.3, 0.4) is 0 Å². The Hall–Kier alpha value is -0.820. The molecule has 4 nitrogen and oxygen atoms in total. The monoisotopic (exact) mass is 435 g/mol. The largest absolute Gasteiger partial charge is 0.483 e. The summed E-state index contributed by atoms with van der Waals surface area (Å²) in [6, 6.07) is 3.53. The van der Waals surface area contributed by atoms with E-state index in [0.29, 0.717) is 16.8 Å². The molecule has 6 heteroatoms. The zero-order chi connectivity index (χ0) is 15.9. The fourth-order valence-corrected chi connectivity index (χ4v) is 3.49. The molecule has 0 N–H and O–H groups in total. The fraction of sp³-hybridized carbons (Fsp3) is 0.500. The molecule has 2 rings (SSSR count). The number of halogens is 2. The van der Waals surface area contributed by atoms with Crippen LogP contribution in [0, 0.1) is 9.62 Å². The summed E-state index contributed by atoms with van der Waals surface area (Å²) in [6.07, 6.45) is 8.96. The molecule has 1 aliphatic carbocycles. The first kappa shape index (κ1) is 17.5. The summed E-state index contributed by atoms with van der Waals surface area (Å²) in [5.74, 6) is 0.726. The van der Waals surface area contributed by atoms with Crippen molar-refractivity contribution >= 4 is 40.2 Å². The second kappa shape index (κ2) is 8.72. The smallest absolute Gasteiger partial charge is 0.330 e. The van der Waals surface area contributed by atoms with E-state index >= 15 is 0 Å². The first-order chi connectivity index (χ1) is 10.6. The van der Waals surface area contributed by atoms with Crippen molar-refractivity contribution < 1.29 is 14.3 Å². The highest BCUT2D eigenvalue weighted by Crippen LogP contribution is 2.31. The lowest BCUT2D eigenvalue weighted by Gasteiger charge is -2.29. The minimum absolute atomic E-state index is 0.157. The Morgan fingerprint density at radius 3 is 2.77 bits per heavy atom. The van der Waals surface area contributed by atoms with Crippen LogP contribution in [-0.2, 0) is 9.53 Å². The summed E-state index contributed by atoms with van der Waals surface area (Å²) in [6.45, 7) is 0. The number of nitrogens with zero attached hydrogens (tertiary/aromatic N) is 1. The number of pyridine rings is 1. The molecule has 1 unspecified atom stereocenters. The number of hydrogen-bond donors (Lipinski definition) is 0. The van der Waals surface area contributed by atoms with Crippen LogP contribution in [0.1, 0.15) is 32.1 Å². The van der Waals surface area contributed by atoms with E-state index in [1.807, 2.05) is 6.07 Å². The van der Waals surface area contributed by atoms with E-state index in [2.05, 4.69) is 32.3 Å². The molecule has 1 heterocycles. The molecular weight excluding hydrogens is 417 g/mol. The fourth-order valence-electron chi connectivity index (χ4n) is 2.63. The van der Waals surface area contributed by atoms with Gasteiger partial charge in [0.25, 0.3) is 0 Å². The predicted molar refractivity (Wildman–Crippen MR) is 94.1 cm³/mol. The number of rotatable bonds is 5. The van der Waals surface area contributed by atoms with Crippen molar-refractivity contribution in [2.24, 2.45) is 5.92 Å². The van der Waals surface area contributed by atoms with Gasteiger partial charge in [0, 0.05) is 6.08 Å². The van der Waals surface area contributed by atoms with Crippen LogP contribution >= 0.6 is 34.2 Å².